The van der Waals surface area contributed by atoms with Crippen LogP contribution in [-0.4, -0.2) is 29.2 Å². The first-order valence-corrected chi connectivity index (χ1v) is 9.90. The third kappa shape index (κ3) is 4.38. The van der Waals surface area contributed by atoms with Gasteiger partial charge in [0, 0.05) is 36.7 Å². The van der Waals surface area contributed by atoms with E-state index in [4.69, 9.17) is 4.74 Å². The molecule has 3 aromatic rings. The Balaban J connectivity index is 1.68. The van der Waals surface area contributed by atoms with Gasteiger partial charge in [0.2, 0.25) is 0 Å². The minimum atomic E-state index is -4.41. The van der Waals surface area contributed by atoms with Gasteiger partial charge in [0.1, 0.15) is 5.75 Å². The molecule has 4 rings (SSSR count). The molecular weight excluding hydrogens is 407 g/mol. The van der Waals surface area contributed by atoms with Crippen molar-refractivity contribution in [2.24, 2.45) is 0 Å². The lowest BCUT2D eigenvalue weighted by atomic mass is 10.0. The number of methoxy groups -OCH3 is 1. The Hall–Kier alpha value is -3.42. The molecule has 0 fully saturated rings. The highest BCUT2D eigenvalue weighted by Gasteiger charge is 2.33. The van der Waals surface area contributed by atoms with Gasteiger partial charge < -0.3 is 19.5 Å². The molecule has 162 valence electrons. The topological polar surface area (TPSA) is 46.5 Å². The molecule has 2 heterocycles. The highest BCUT2D eigenvalue weighted by molar-refractivity contribution is 5.90. The normalized spacial score (nSPS) is 16.4. The molecule has 1 N–H and O–H groups in total. The fraction of sp³-hybridized carbons (Fsp3) is 0.261. The van der Waals surface area contributed by atoms with Crippen molar-refractivity contribution >= 4 is 11.7 Å². The minimum absolute atomic E-state index is 0.326. The number of nitrogens with zero attached hydrogens (tertiary/aromatic N) is 2. The molecule has 0 aliphatic carbocycles. The van der Waals surface area contributed by atoms with Gasteiger partial charge in [-0.2, -0.15) is 13.2 Å². The van der Waals surface area contributed by atoms with E-state index in [-0.39, 0.29) is 6.03 Å². The number of benzene rings is 2. The molecule has 0 saturated heterocycles. The van der Waals surface area contributed by atoms with Gasteiger partial charge in [-0.25, -0.2) is 4.79 Å². The average molecular weight is 429 g/mol. The number of fused-ring (bicyclic) bond motifs is 1. The summed E-state index contributed by atoms with van der Waals surface area (Å²) >= 11 is 0. The molecule has 0 radical (unpaired) electrons. The zero-order valence-corrected chi connectivity index (χ0v) is 16.9. The van der Waals surface area contributed by atoms with E-state index in [1.807, 2.05) is 22.9 Å². The van der Waals surface area contributed by atoms with Gasteiger partial charge in [-0.15, -0.1) is 0 Å². The quantitative estimate of drug-likeness (QED) is 0.594. The first kappa shape index (κ1) is 20.8. The van der Waals surface area contributed by atoms with Crippen LogP contribution in [0, 0.1) is 0 Å². The number of anilines is 1. The van der Waals surface area contributed by atoms with E-state index < -0.39 is 17.8 Å². The molecule has 0 bridgehead atoms. The SMILES string of the molecule is COc1cccc(NC(=O)N2CCCn3cccc3C2c2ccc(C(F)(F)F)cc2)c1. The van der Waals surface area contributed by atoms with Gasteiger partial charge in [-0.05, 0) is 48.4 Å². The Bertz CT molecular complexity index is 1060. The minimum Gasteiger partial charge on any atom is -0.497 e. The summed E-state index contributed by atoms with van der Waals surface area (Å²) in [5, 5.41) is 2.89. The van der Waals surface area contributed by atoms with Crippen LogP contribution in [0.2, 0.25) is 0 Å². The number of nitrogens with one attached hydrogen (secondary N) is 1. The zero-order valence-electron chi connectivity index (χ0n) is 16.9. The molecule has 5 nitrogen and oxygen atoms in total. The second-order valence-corrected chi connectivity index (χ2v) is 7.36. The van der Waals surface area contributed by atoms with Gasteiger partial charge in [0.15, 0.2) is 0 Å². The third-order valence-electron chi connectivity index (χ3n) is 5.39. The first-order chi connectivity index (χ1) is 14.9. The maximum absolute atomic E-state index is 13.2. The van der Waals surface area contributed by atoms with Gasteiger partial charge in [-0.3, -0.25) is 0 Å². The number of carbonyl (C=O) groups is 1. The Morgan fingerprint density at radius 1 is 1.06 bits per heavy atom. The highest BCUT2D eigenvalue weighted by atomic mass is 19.4. The molecule has 31 heavy (non-hydrogen) atoms. The highest BCUT2D eigenvalue weighted by Crippen LogP contribution is 2.35. The van der Waals surface area contributed by atoms with Crippen LogP contribution in [0.25, 0.3) is 0 Å². The zero-order chi connectivity index (χ0) is 22.0. The summed E-state index contributed by atoms with van der Waals surface area (Å²) in [5.74, 6) is 0.613. The van der Waals surface area contributed by atoms with Crippen molar-refractivity contribution < 1.29 is 22.7 Å². The van der Waals surface area contributed by atoms with E-state index in [0.29, 0.717) is 23.5 Å². The van der Waals surface area contributed by atoms with E-state index in [9.17, 15) is 18.0 Å². The lowest BCUT2D eigenvalue weighted by Crippen LogP contribution is -2.38. The van der Waals surface area contributed by atoms with Crippen LogP contribution < -0.4 is 10.1 Å². The van der Waals surface area contributed by atoms with Crippen molar-refractivity contribution in [2.75, 3.05) is 19.0 Å². The van der Waals surface area contributed by atoms with E-state index in [1.54, 1.807) is 36.3 Å². The van der Waals surface area contributed by atoms with E-state index in [0.717, 1.165) is 30.8 Å². The number of aryl methyl sites for hydroxylation is 1. The average Bonchev–Trinajstić information content (AvgIpc) is 3.13. The smallest absolute Gasteiger partial charge is 0.416 e. The second-order valence-electron chi connectivity index (χ2n) is 7.36. The first-order valence-electron chi connectivity index (χ1n) is 9.90. The van der Waals surface area contributed by atoms with Gasteiger partial charge in [0.25, 0.3) is 0 Å². The lowest BCUT2D eigenvalue weighted by molar-refractivity contribution is -0.137. The second kappa shape index (κ2) is 8.37. The van der Waals surface area contributed by atoms with Gasteiger partial charge in [-0.1, -0.05) is 18.2 Å². The van der Waals surface area contributed by atoms with Crippen LogP contribution in [0.3, 0.4) is 0 Å². The molecule has 1 aliphatic heterocycles. The Labute approximate surface area is 178 Å². The number of urea groups is 1. The summed E-state index contributed by atoms with van der Waals surface area (Å²) < 4.78 is 46.4. The maximum atomic E-state index is 13.2. The third-order valence-corrected chi connectivity index (χ3v) is 5.39. The predicted molar refractivity (Wildman–Crippen MR) is 111 cm³/mol. The summed E-state index contributed by atoms with van der Waals surface area (Å²) in [6.07, 6.45) is -1.76. The number of alkyl halides is 3. The van der Waals surface area contributed by atoms with E-state index in [2.05, 4.69) is 5.32 Å². The number of ether oxygens (including phenoxy) is 1. The van der Waals surface area contributed by atoms with E-state index in [1.165, 1.54) is 12.1 Å². The standard InChI is InChI=1S/C23H22F3N3O2/c1-31-19-6-2-5-18(15-19)27-22(30)29-14-4-13-28-12-3-7-20(28)21(29)16-8-10-17(11-9-16)23(24,25)26/h2-3,5-12,15,21H,4,13-14H2,1H3,(H,27,30). The van der Waals surface area contributed by atoms with Crippen LogP contribution in [0.5, 0.6) is 5.75 Å². The van der Waals surface area contributed by atoms with Gasteiger partial charge in [0.05, 0.1) is 18.7 Å². The molecule has 1 atom stereocenters. The number of rotatable bonds is 3. The molecule has 1 aromatic heterocycles. The van der Waals surface area contributed by atoms with Crippen LogP contribution in [-0.2, 0) is 12.7 Å². The van der Waals surface area contributed by atoms with Crippen LogP contribution >= 0.6 is 0 Å². The number of carbonyl (C=O) groups excluding carboxylic acids is 1. The maximum Gasteiger partial charge on any atom is 0.416 e. The number of hydrogen-bond acceptors (Lipinski definition) is 2. The van der Waals surface area contributed by atoms with Crippen molar-refractivity contribution in [3.8, 4) is 5.75 Å². The molecule has 1 unspecified atom stereocenters. The summed E-state index contributed by atoms with van der Waals surface area (Å²) in [5.41, 5.74) is 1.34. The molecule has 1 aliphatic rings. The molecule has 8 heteroatoms. The summed E-state index contributed by atoms with van der Waals surface area (Å²) in [7, 11) is 1.55. The van der Waals surface area contributed by atoms with Crippen LogP contribution in [0.15, 0.2) is 66.9 Å². The van der Waals surface area contributed by atoms with Crippen molar-refractivity contribution in [3.63, 3.8) is 0 Å². The van der Waals surface area contributed by atoms with Crippen molar-refractivity contribution in [1.82, 2.24) is 9.47 Å². The summed E-state index contributed by atoms with van der Waals surface area (Å²) in [4.78, 5) is 14.9. The molecular formula is C23H22F3N3O2. The lowest BCUT2D eigenvalue weighted by Gasteiger charge is -2.31. The van der Waals surface area contributed by atoms with Gasteiger partial charge >= 0.3 is 12.2 Å². The van der Waals surface area contributed by atoms with Crippen LogP contribution in [0.4, 0.5) is 23.7 Å². The fourth-order valence-corrected chi connectivity index (χ4v) is 3.90. The van der Waals surface area contributed by atoms with E-state index >= 15 is 0 Å². The molecule has 0 saturated carbocycles. The van der Waals surface area contributed by atoms with Crippen LogP contribution in [0.1, 0.15) is 29.3 Å². The van der Waals surface area contributed by atoms with Crippen molar-refractivity contribution in [2.45, 2.75) is 25.2 Å². The fourth-order valence-electron chi connectivity index (χ4n) is 3.90. The number of aromatic nitrogens is 1. The Morgan fingerprint density at radius 2 is 1.84 bits per heavy atom. The Morgan fingerprint density at radius 3 is 2.55 bits per heavy atom. The van der Waals surface area contributed by atoms with Crippen molar-refractivity contribution in [1.29, 1.82) is 0 Å². The predicted octanol–water partition coefficient (Wildman–Crippen LogP) is 5.54. The number of hydrogen-bond donors (Lipinski definition) is 1. The largest absolute Gasteiger partial charge is 0.497 e. The monoisotopic (exact) mass is 429 g/mol. The number of halogens is 3. The Kier molecular flexibility index (Phi) is 5.63. The summed E-state index contributed by atoms with van der Waals surface area (Å²) in [6, 6.07) is 15.0. The molecule has 2 amide bonds. The summed E-state index contributed by atoms with van der Waals surface area (Å²) in [6.45, 7) is 1.19. The molecule has 2 aromatic carbocycles. The molecule has 0 spiro atoms. The van der Waals surface area contributed by atoms with Crippen molar-refractivity contribution in [3.05, 3.63) is 83.7 Å². The number of amides is 2.